The minimum absolute atomic E-state index is 0.267. The lowest BCUT2D eigenvalue weighted by Crippen LogP contribution is -2.49. The zero-order valence-corrected chi connectivity index (χ0v) is 15.7. The molecule has 1 aliphatic heterocycles. The predicted octanol–water partition coefficient (Wildman–Crippen LogP) is 2.97. The number of fused-ring (bicyclic) bond motifs is 2. The molecule has 1 aromatic carbocycles. The van der Waals surface area contributed by atoms with Gasteiger partial charge in [-0.1, -0.05) is 12.1 Å². The van der Waals surface area contributed by atoms with Crippen LogP contribution in [0.4, 0.5) is 0 Å². The van der Waals surface area contributed by atoms with Crippen LogP contribution in [0.2, 0.25) is 0 Å². The van der Waals surface area contributed by atoms with Gasteiger partial charge in [0.05, 0.1) is 0 Å². The van der Waals surface area contributed by atoms with Crippen LogP contribution in [0.25, 0.3) is 10.9 Å². The number of piperidine rings is 1. The molecule has 136 valence electrons. The SMILES string of the molecule is CN1CC(CNC2=CC(=O)CC2)CC2c3cccc4c3c(cn4C)C[C@H]21. The van der Waals surface area contributed by atoms with Gasteiger partial charge >= 0.3 is 0 Å². The molecule has 3 atom stereocenters. The maximum atomic E-state index is 11.4. The number of likely N-dealkylation sites (N-methyl/N-ethyl adjacent to an activating group) is 1. The summed E-state index contributed by atoms with van der Waals surface area (Å²) in [7, 11) is 4.45. The average Bonchev–Trinajstić information content (AvgIpc) is 3.19. The number of carbonyl (C=O) groups is 1. The molecular formula is C22H27N3O. The molecule has 0 radical (unpaired) electrons. The molecule has 4 nitrogen and oxygen atoms in total. The van der Waals surface area contributed by atoms with E-state index in [9.17, 15) is 4.79 Å². The molecule has 26 heavy (non-hydrogen) atoms. The second kappa shape index (κ2) is 5.98. The second-order valence-corrected chi connectivity index (χ2v) is 8.44. The summed E-state index contributed by atoms with van der Waals surface area (Å²) in [5, 5.41) is 5.06. The Labute approximate surface area is 154 Å². The summed E-state index contributed by atoms with van der Waals surface area (Å²) in [5.41, 5.74) is 5.56. The molecule has 1 fully saturated rings. The number of hydrogen-bond acceptors (Lipinski definition) is 3. The fourth-order valence-corrected chi connectivity index (χ4v) is 5.49. The van der Waals surface area contributed by atoms with E-state index >= 15 is 0 Å². The fraction of sp³-hybridized carbons (Fsp3) is 0.500. The quantitative estimate of drug-likeness (QED) is 0.926. The lowest BCUT2D eigenvalue weighted by molar-refractivity contribution is -0.114. The first kappa shape index (κ1) is 16.1. The summed E-state index contributed by atoms with van der Waals surface area (Å²) in [6.45, 7) is 2.11. The van der Waals surface area contributed by atoms with Crippen molar-refractivity contribution in [1.82, 2.24) is 14.8 Å². The third-order valence-electron chi connectivity index (χ3n) is 6.71. The smallest absolute Gasteiger partial charge is 0.157 e. The number of rotatable bonds is 3. The van der Waals surface area contributed by atoms with E-state index in [2.05, 4.69) is 53.3 Å². The molecule has 0 spiro atoms. The van der Waals surface area contributed by atoms with Gasteiger partial charge in [0.1, 0.15) is 0 Å². The Balaban J connectivity index is 1.41. The van der Waals surface area contributed by atoms with Crippen molar-refractivity contribution in [2.75, 3.05) is 20.1 Å². The lowest BCUT2D eigenvalue weighted by atomic mass is 9.72. The summed E-state index contributed by atoms with van der Waals surface area (Å²) in [6, 6.07) is 7.43. The molecule has 0 amide bonds. The first-order valence-corrected chi connectivity index (χ1v) is 9.84. The maximum absolute atomic E-state index is 11.4. The molecule has 1 saturated heterocycles. The number of likely N-dealkylation sites (tertiary alicyclic amines) is 1. The largest absolute Gasteiger partial charge is 0.388 e. The number of nitrogens with one attached hydrogen (secondary N) is 1. The highest BCUT2D eigenvalue weighted by molar-refractivity contribution is 5.92. The molecule has 0 saturated carbocycles. The van der Waals surface area contributed by atoms with Gasteiger partial charge in [-0.2, -0.15) is 0 Å². The number of nitrogens with zero attached hydrogens (tertiary/aromatic N) is 2. The summed E-state index contributed by atoms with van der Waals surface area (Å²) in [4.78, 5) is 14.0. The topological polar surface area (TPSA) is 37.3 Å². The highest BCUT2D eigenvalue weighted by Gasteiger charge is 2.39. The number of aryl methyl sites for hydroxylation is 1. The number of allylic oxidation sites excluding steroid dienone is 2. The number of hydrogen-bond donors (Lipinski definition) is 1. The highest BCUT2D eigenvalue weighted by Crippen LogP contribution is 2.44. The molecule has 4 heteroatoms. The van der Waals surface area contributed by atoms with Crippen molar-refractivity contribution < 1.29 is 4.79 Å². The third kappa shape index (κ3) is 2.50. The highest BCUT2D eigenvalue weighted by atomic mass is 16.1. The minimum atomic E-state index is 0.267. The fourth-order valence-electron chi connectivity index (χ4n) is 5.49. The van der Waals surface area contributed by atoms with Gasteiger partial charge in [0.15, 0.2) is 5.78 Å². The number of benzene rings is 1. The molecule has 1 aromatic heterocycles. The molecule has 1 N–H and O–H groups in total. The van der Waals surface area contributed by atoms with E-state index in [1.807, 2.05) is 0 Å². The van der Waals surface area contributed by atoms with Gasteiger partial charge in [0, 0.05) is 67.4 Å². The number of aromatic nitrogens is 1. The lowest BCUT2D eigenvalue weighted by Gasteiger charge is -2.45. The predicted molar refractivity (Wildman–Crippen MR) is 104 cm³/mol. The molecular weight excluding hydrogens is 322 g/mol. The monoisotopic (exact) mass is 349 g/mol. The standard InChI is InChI=1S/C22H27N3O/c1-24-12-14(11-23-16-6-7-17(26)10-16)8-19-18-4-3-5-20-22(18)15(9-21(19)24)13-25(20)2/h3-5,10,13-14,19,21,23H,6-9,11-12H2,1-2H3/t14?,19?,21-/m1/s1. The van der Waals surface area contributed by atoms with Gasteiger partial charge in [-0.05, 0) is 49.4 Å². The first-order valence-electron chi connectivity index (χ1n) is 9.84. The van der Waals surface area contributed by atoms with Crippen molar-refractivity contribution in [1.29, 1.82) is 0 Å². The molecule has 2 heterocycles. The van der Waals surface area contributed by atoms with Crippen LogP contribution in [0.15, 0.2) is 36.2 Å². The zero-order chi connectivity index (χ0) is 17.8. The number of carbonyl (C=O) groups excluding carboxylic acids is 1. The van der Waals surface area contributed by atoms with E-state index in [1.165, 1.54) is 22.9 Å². The van der Waals surface area contributed by atoms with Crippen molar-refractivity contribution in [3.63, 3.8) is 0 Å². The normalized spacial score (nSPS) is 28.3. The van der Waals surface area contributed by atoms with E-state index in [-0.39, 0.29) is 5.78 Å². The Morgan fingerprint density at radius 2 is 2.12 bits per heavy atom. The second-order valence-electron chi connectivity index (χ2n) is 8.44. The summed E-state index contributed by atoms with van der Waals surface area (Å²) >= 11 is 0. The molecule has 2 aliphatic carbocycles. The van der Waals surface area contributed by atoms with Gasteiger partial charge in [-0.25, -0.2) is 0 Å². The zero-order valence-electron chi connectivity index (χ0n) is 15.7. The van der Waals surface area contributed by atoms with Crippen LogP contribution < -0.4 is 5.32 Å². The van der Waals surface area contributed by atoms with Crippen molar-refractivity contribution >= 4 is 16.7 Å². The third-order valence-corrected chi connectivity index (χ3v) is 6.71. The van der Waals surface area contributed by atoms with Crippen LogP contribution in [-0.4, -0.2) is 41.4 Å². The van der Waals surface area contributed by atoms with Crippen LogP contribution in [-0.2, 0) is 18.3 Å². The summed E-state index contributed by atoms with van der Waals surface area (Å²) < 4.78 is 2.29. The van der Waals surface area contributed by atoms with Crippen molar-refractivity contribution in [2.45, 2.75) is 37.6 Å². The van der Waals surface area contributed by atoms with Gasteiger partial charge in [0.2, 0.25) is 0 Å². The van der Waals surface area contributed by atoms with E-state index in [0.717, 1.165) is 31.6 Å². The van der Waals surface area contributed by atoms with Crippen LogP contribution in [0.1, 0.15) is 36.3 Å². The average molecular weight is 349 g/mol. The van der Waals surface area contributed by atoms with Crippen LogP contribution >= 0.6 is 0 Å². The van der Waals surface area contributed by atoms with Gasteiger partial charge in [-0.3, -0.25) is 4.79 Å². The summed E-state index contributed by atoms with van der Waals surface area (Å²) in [6.07, 6.45) is 8.09. The molecule has 5 rings (SSSR count). The molecule has 0 bridgehead atoms. The molecule has 2 unspecified atom stereocenters. The van der Waals surface area contributed by atoms with Crippen LogP contribution in [0.3, 0.4) is 0 Å². The number of ketones is 1. The van der Waals surface area contributed by atoms with Crippen LogP contribution in [0.5, 0.6) is 0 Å². The maximum Gasteiger partial charge on any atom is 0.157 e. The van der Waals surface area contributed by atoms with Crippen molar-refractivity contribution in [2.24, 2.45) is 13.0 Å². The van der Waals surface area contributed by atoms with Crippen LogP contribution in [0, 0.1) is 5.92 Å². The first-order chi connectivity index (χ1) is 12.6. The van der Waals surface area contributed by atoms with Crippen molar-refractivity contribution in [3.05, 3.63) is 47.3 Å². The Hall–Kier alpha value is -2.07. The van der Waals surface area contributed by atoms with E-state index in [0.29, 0.717) is 24.3 Å². The molecule has 3 aliphatic rings. The van der Waals surface area contributed by atoms with Crippen molar-refractivity contribution in [3.8, 4) is 0 Å². The van der Waals surface area contributed by atoms with Gasteiger partial charge in [-0.15, -0.1) is 0 Å². The Bertz CT molecular complexity index is 909. The Morgan fingerprint density at radius 1 is 1.23 bits per heavy atom. The van der Waals surface area contributed by atoms with E-state index < -0.39 is 0 Å². The van der Waals surface area contributed by atoms with Gasteiger partial charge in [0.25, 0.3) is 0 Å². The van der Waals surface area contributed by atoms with E-state index in [1.54, 1.807) is 11.6 Å². The molecule has 2 aromatic rings. The Morgan fingerprint density at radius 3 is 2.92 bits per heavy atom. The van der Waals surface area contributed by atoms with E-state index in [4.69, 9.17) is 0 Å². The Kier molecular flexibility index (Phi) is 3.71. The van der Waals surface area contributed by atoms with Gasteiger partial charge < -0.3 is 14.8 Å². The minimum Gasteiger partial charge on any atom is -0.388 e. The summed E-state index contributed by atoms with van der Waals surface area (Å²) in [5.74, 6) is 1.50.